The van der Waals surface area contributed by atoms with Gasteiger partial charge in [0.15, 0.2) is 0 Å². The molecule has 0 bridgehead atoms. The lowest BCUT2D eigenvalue weighted by molar-refractivity contribution is -0.136. The van der Waals surface area contributed by atoms with E-state index in [-0.39, 0.29) is 17.4 Å². The van der Waals surface area contributed by atoms with Crippen LogP contribution in [0.3, 0.4) is 0 Å². The Morgan fingerprint density at radius 1 is 1.21 bits per heavy atom. The van der Waals surface area contributed by atoms with Crippen LogP contribution < -0.4 is 5.32 Å². The first kappa shape index (κ1) is 18.1. The maximum absolute atomic E-state index is 12.4. The molecule has 2 amide bonds. The van der Waals surface area contributed by atoms with Crippen LogP contribution in [0.5, 0.6) is 0 Å². The van der Waals surface area contributed by atoms with Gasteiger partial charge in [0.1, 0.15) is 11.6 Å². The van der Waals surface area contributed by atoms with Crippen LogP contribution in [0.2, 0.25) is 10.0 Å². The van der Waals surface area contributed by atoms with E-state index < -0.39 is 0 Å². The number of anilines is 1. The van der Waals surface area contributed by atoms with E-state index in [1.807, 2.05) is 6.07 Å². The summed E-state index contributed by atoms with van der Waals surface area (Å²) in [6, 6.07) is 6.93. The molecule has 24 heavy (non-hydrogen) atoms. The zero-order valence-electron chi connectivity index (χ0n) is 13.1. The molecule has 1 fully saturated rings. The van der Waals surface area contributed by atoms with Crippen molar-refractivity contribution < 1.29 is 9.59 Å². The topological polar surface area (TPSA) is 76.4 Å². The van der Waals surface area contributed by atoms with Gasteiger partial charge in [-0.1, -0.05) is 29.3 Å². The summed E-state index contributed by atoms with van der Waals surface area (Å²) in [5.41, 5.74) is 0.466. The van der Waals surface area contributed by atoms with Gasteiger partial charge < -0.3 is 15.1 Å². The predicted molar refractivity (Wildman–Crippen MR) is 92.6 cm³/mol. The predicted octanol–water partition coefficient (Wildman–Crippen LogP) is 2.50. The van der Waals surface area contributed by atoms with Gasteiger partial charge in [0.25, 0.3) is 5.91 Å². The Morgan fingerprint density at radius 2 is 1.83 bits per heavy atom. The minimum atomic E-state index is -0.383. The zero-order chi connectivity index (χ0) is 17.7. The number of piperazine rings is 1. The van der Waals surface area contributed by atoms with E-state index in [2.05, 4.69) is 5.32 Å². The summed E-state index contributed by atoms with van der Waals surface area (Å²) in [7, 11) is 0. The molecule has 1 N–H and O–H groups in total. The number of nitrogens with one attached hydrogen (secondary N) is 1. The molecular formula is C16H16Cl2N4O2. The van der Waals surface area contributed by atoms with Crippen molar-refractivity contribution in [2.45, 2.75) is 6.92 Å². The SMILES string of the molecule is CC(=O)N1CCN(C(=O)/C(C#N)=C\Nc2cccc(Cl)c2Cl)CC1. The number of hydrogen-bond acceptors (Lipinski definition) is 4. The minimum Gasteiger partial charge on any atom is -0.359 e. The lowest BCUT2D eigenvalue weighted by Crippen LogP contribution is -2.50. The number of hydrogen-bond donors (Lipinski definition) is 1. The average Bonchev–Trinajstić information content (AvgIpc) is 2.58. The quantitative estimate of drug-likeness (QED) is 0.658. The number of nitriles is 1. The number of amides is 2. The van der Waals surface area contributed by atoms with E-state index in [0.29, 0.717) is 41.9 Å². The maximum Gasteiger partial charge on any atom is 0.266 e. The highest BCUT2D eigenvalue weighted by Gasteiger charge is 2.24. The highest BCUT2D eigenvalue weighted by Crippen LogP contribution is 2.29. The minimum absolute atomic E-state index is 0.0181. The molecule has 0 spiro atoms. The van der Waals surface area contributed by atoms with Crippen molar-refractivity contribution in [1.29, 1.82) is 5.26 Å². The van der Waals surface area contributed by atoms with Gasteiger partial charge in [0.05, 0.1) is 15.7 Å². The smallest absolute Gasteiger partial charge is 0.266 e. The maximum atomic E-state index is 12.4. The summed E-state index contributed by atoms with van der Waals surface area (Å²) in [5.74, 6) is -0.401. The van der Waals surface area contributed by atoms with Crippen LogP contribution in [0, 0.1) is 11.3 Å². The lowest BCUT2D eigenvalue weighted by atomic mass is 10.2. The van der Waals surface area contributed by atoms with Gasteiger partial charge in [-0.05, 0) is 12.1 Å². The summed E-state index contributed by atoms with van der Waals surface area (Å²) in [5, 5.41) is 12.8. The molecule has 0 atom stereocenters. The van der Waals surface area contributed by atoms with Gasteiger partial charge >= 0.3 is 0 Å². The normalized spacial score (nSPS) is 15.0. The van der Waals surface area contributed by atoms with Crippen molar-refractivity contribution in [1.82, 2.24) is 9.80 Å². The molecule has 1 aromatic rings. The number of rotatable bonds is 3. The molecule has 1 heterocycles. The molecule has 0 aliphatic carbocycles. The number of carbonyl (C=O) groups excluding carboxylic acids is 2. The Morgan fingerprint density at radius 3 is 2.42 bits per heavy atom. The van der Waals surface area contributed by atoms with Crippen molar-refractivity contribution in [3.63, 3.8) is 0 Å². The Balaban J connectivity index is 2.05. The summed E-state index contributed by atoms with van der Waals surface area (Å²) < 4.78 is 0. The second-order valence-corrected chi connectivity index (χ2v) is 6.00. The molecule has 1 aromatic carbocycles. The Kier molecular flexibility index (Phi) is 6.07. The van der Waals surface area contributed by atoms with E-state index in [1.54, 1.807) is 28.0 Å². The van der Waals surface area contributed by atoms with Crippen LogP contribution in [0.1, 0.15) is 6.92 Å². The standard InChI is InChI=1S/C16H16Cl2N4O2/c1-11(23)21-5-7-22(8-6-21)16(24)12(9-19)10-20-14-4-2-3-13(17)15(14)18/h2-4,10,20H,5-8H2,1H3/b12-10-. The fraction of sp³-hybridized carbons (Fsp3) is 0.312. The van der Waals surface area contributed by atoms with Crippen LogP contribution in [-0.4, -0.2) is 47.8 Å². The molecular weight excluding hydrogens is 351 g/mol. The molecule has 126 valence electrons. The van der Waals surface area contributed by atoms with Crippen LogP contribution in [0.15, 0.2) is 30.0 Å². The van der Waals surface area contributed by atoms with E-state index >= 15 is 0 Å². The molecule has 0 radical (unpaired) electrons. The van der Waals surface area contributed by atoms with Crippen LogP contribution in [-0.2, 0) is 9.59 Å². The molecule has 0 aromatic heterocycles. The lowest BCUT2D eigenvalue weighted by Gasteiger charge is -2.34. The second-order valence-electron chi connectivity index (χ2n) is 5.21. The first-order chi connectivity index (χ1) is 11.4. The Bertz CT molecular complexity index is 719. The summed E-state index contributed by atoms with van der Waals surface area (Å²) in [4.78, 5) is 26.9. The van der Waals surface area contributed by atoms with Crippen molar-refractivity contribution in [3.8, 4) is 6.07 Å². The van der Waals surface area contributed by atoms with Gasteiger partial charge in [-0.25, -0.2) is 0 Å². The van der Waals surface area contributed by atoms with E-state index in [1.165, 1.54) is 13.1 Å². The highest BCUT2D eigenvalue weighted by atomic mass is 35.5. The molecule has 1 saturated heterocycles. The third-order valence-electron chi connectivity index (χ3n) is 3.69. The average molecular weight is 367 g/mol. The first-order valence-electron chi connectivity index (χ1n) is 7.29. The highest BCUT2D eigenvalue weighted by molar-refractivity contribution is 6.43. The van der Waals surface area contributed by atoms with Gasteiger partial charge in [0.2, 0.25) is 5.91 Å². The molecule has 1 aliphatic rings. The Labute approximate surface area is 150 Å². The summed E-state index contributed by atoms with van der Waals surface area (Å²) in [6.45, 7) is 3.22. The van der Waals surface area contributed by atoms with Crippen molar-refractivity contribution in [2.75, 3.05) is 31.5 Å². The summed E-state index contributed by atoms with van der Waals surface area (Å²) in [6.07, 6.45) is 1.32. The second kappa shape index (κ2) is 8.04. The van der Waals surface area contributed by atoms with Gasteiger partial charge in [0, 0.05) is 39.3 Å². The molecule has 0 unspecified atom stereocenters. The van der Waals surface area contributed by atoms with E-state index in [0.717, 1.165) is 0 Å². The number of benzene rings is 1. The third-order valence-corrected chi connectivity index (χ3v) is 4.51. The summed E-state index contributed by atoms with van der Waals surface area (Å²) >= 11 is 12.0. The van der Waals surface area contributed by atoms with Crippen molar-refractivity contribution in [2.24, 2.45) is 0 Å². The molecule has 6 nitrogen and oxygen atoms in total. The zero-order valence-corrected chi connectivity index (χ0v) is 14.6. The molecule has 8 heteroatoms. The fourth-order valence-electron chi connectivity index (χ4n) is 2.30. The number of carbonyl (C=O) groups is 2. The fourth-order valence-corrected chi connectivity index (χ4v) is 2.66. The van der Waals surface area contributed by atoms with Crippen LogP contribution in [0.4, 0.5) is 5.69 Å². The number of nitrogens with zero attached hydrogens (tertiary/aromatic N) is 3. The molecule has 2 rings (SSSR count). The molecule has 1 aliphatic heterocycles. The molecule has 0 saturated carbocycles. The van der Waals surface area contributed by atoms with Gasteiger partial charge in [-0.15, -0.1) is 0 Å². The largest absolute Gasteiger partial charge is 0.359 e. The van der Waals surface area contributed by atoms with Crippen molar-refractivity contribution in [3.05, 3.63) is 40.0 Å². The van der Waals surface area contributed by atoms with Crippen molar-refractivity contribution >= 4 is 40.7 Å². The van der Waals surface area contributed by atoms with Crippen LogP contribution in [0.25, 0.3) is 0 Å². The van der Waals surface area contributed by atoms with Crippen LogP contribution >= 0.6 is 23.2 Å². The van der Waals surface area contributed by atoms with E-state index in [4.69, 9.17) is 23.2 Å². The third kappa shape index (κ3) is 4.19. The van der Waals surface area contributed by atoms with E-state index in [9.17, 15) is 14.9 Å². The Hall–Kier alpha value is -2.23. The first-order valence-corrected chi connectivity index (χ1v) is 8.05. The van der Waals surface area contributed by atoms with Gasteiger partial charge in [-0.2, -0.15) is 5.26 Å². The van der Waals surface area contributed by atoms with Gasteiger partial charge in [-0.3, -0.25) is 9.59 Å². The monoisotopic (exact) mass is 366 g/mol. The number of halogens is 2.